The van der Waals surface area contributed by atoms with Gasteiger partial charge in [-0.1, -0.05) is 41.9 Å². The molecular weight excluding hydrogens is 364 g/mol. The number of nitrogens with zero attached hydrogens (tertiary/aromatic N) is 2. The van der Waals surface area contributed by atoms with Gasteiger partial charge in [0.05, 0.1) is 18.7 Å². The van der Waals surface area contributed by atoms with Crippen LogP contribution in [0.3, 0.4) is 0 Å². The lowest BCUT2D eigenvalue weighted by Gasteiger charge is -1.99. The molecule has 0 fully saturated rings. The Kier molecular flexibility index (Phi) is 5.84. The number of carbonyl (C=O) groups is 2. The molecule has 0 saturated heterocycles. The highest BCUT2D eigenvalue weighted by molar-refractivity contribution is 6.30. The summed E-state index contributed by atoms with van der Waals surface area (Å²) < 4.78 is 1.59. The van der Waals surface area contributed by atoms with Crippen molar-refractivity contribution < 1.29 is 14.7 Å². The first-order valence-corrected chi connectivity index (χ1v) is 8.73. The lowest BCUT2D eigenvalue weighted by Crippen LogP contribution is -2.04. The number of allylic oxidation sites excluding steroid dienone is 1. The predicted octanol–water partition coefficient (Wildman–Crippen LogP) is 4.57. The Morgan fingerprint density at radius 2 is 1.78 bits per heavy atom. The van der Waals surface area contributed by atoms with E-state index >= 15 is 0 Å². The van der Waals surface area contributed by atoms with Crippen molar-refractivity contribution in [1.82, 2.24) is 9.78 Å². The maximum atomic E-state index is 12.4. The molecule has 0 aliphatic rings. The first-order valence-electron chi connectivity index (χ1n) is 8.35. The van der Waals surface area contributed by atoms with Gasteiger partial charge in [0, 0.05) is 27.9 Å². The molecule has 6 heteroatoms. The Balaban J connectivity index is 1.89. The molecule has 3 aromatic rings. The molecule has 0 saturated carbocycles. The van der Waals surface area contributed by atoms with Crippen LogP contribution in [0.15, 0.2) is 66.9 Å². The van der Waals surface area contributed by atoms with Crippen LogP contribution in [0.5, 0.6) is 0 Å². The van der Waals surface area contributed by atoms with Gasteiger partial charge in [0.15, 0.2) is 5.78 Å². The number of aromatic nitrogens is 2. The normalized spacial score (nSPS) is 11.0. The quantitative estimate of drug-likeness (QED) is 0.481. The molecule has 0 radical (unpaired) electrons. The second-order valence-corrected chi connectivity index (χ2v) is 6.35. The third-order valence-electron chi connectivity index (χ3n) is 3.93. The number of hydrogen-bond donors (Lipinski definition) is 1. The molecule has 2 aromatic carbocycles. The van der Waals surface area contributed by atoms with Crippen molar-refractivity contribution in [2.45, 2.75) is 13.0 Å². The molecular formula is C21H17ClN2O3. The summed E-state index contributed by atoms with van der Waals surface area (Å²) in [5.41, 5.74) is 2.87. The summed E-state index contributed by atoms with van der Waals surface area (Å²) in [4.78, 5) is 23.2. The number of hydrogen-bond acceptors (Lipinski definition) is 3. The molecule has 0 amide bonds. The SMILES string of the molecule is O=C(O)CCn1cc(/C=C/C(=O)c2ccc(Cl)cc2)c(-c2ccccc2)n1. The highest BCUT2D eigenvalue weighted by atomic mass is 35.5. The number of rotatable bonds is 7. The fourth-order valence-electron chi connectivity index (χ4n) is 2.58. The third kappa shape index (κ3) is 4.92. The molecule has 0 bridgehead atoms. The molecule has 136 valence electrons. The van der Waals surface area contributed by atoms with E-state index in [1.54, 1.807) is 41.2 Å². The van der Waals surface area contributed by atoms with Crippen molar-refractivity contribution >= 4 is 29.4 Å². The first-order chi connectivity index (χ1) is 13.0. The van der Waals surface area contributed by atoms with Crippen LogP contribution in [-0.2, 0) is 11.3 Å². The van der Waals surface area contributed by atoms with Gasteiger partial charge in [0.1, 0.15) is 0 Å². The van der Waals surface area contributed by atoms with E-state index in [-0.39, 0.29) is 18.7 Å². The number of aliphatic carboxylic acids is 1. The number of carbonyl (C=O) groups excluding carboxylic acids is 1. The van der Waals surface area contributed by atoms with Gasteiger partial charge in [-0.05, 0) is 36.4 Å². The number of carboxylic acid groups (broad SMARTS) is 1. The van der Waals surface area contributed by atoms with Gasteiger partial charge in [-0.3, -0.25) is 14.3 Å². The summed E-state index contributed by atoms with van der Waals surface area (Å²) in [5.74, 6) is -1.04. The van der Waals surface area contributed by atoms with E-state index in [9.17, 15) is 9.59 Å². The third-order valence-corrected chi connectivity index (χ3v) is 4.19. The van der Waals surface area contributed by atoms with Crippen molar-refractivity contribution in [3.8, 4) is 11.3 Å². The van der Waals surface area contributed by atoms with Gasteiger partial charge in [0.2, 0.25) is 0 Å². The molecule has 1 N–H and O–H groups in total. The maximum Gasteiger partial charge on any atom is 0.305 e. The zero-order chi connectivity index (χ0) is 19.2. The van der Waals surface area contributed by atoms with Gasteiger partial charge in [0.25, 0.3) is 0 Å². The van der Waals surface area contributed by atoms with E-state index in [1.807, 2.05) is 30.3 Å². The standard InChI is InChI=1S/C21H17ClN2O3/c22-18-9-6-15(7-10-18)19(25)11-8-17-14-24(13-12-20(26)27)23-21(17)16-4-2-1-3-5-16/h1-11,14H,12-13H2,(H,26,27)/b11-8+. The van der Waals surface area contributed by atoms with E-state index in [0.717, 1.165) is 11.1 Å². The minimum atomic E-state index is -0.887. The van der Waals surface area contributed by atoms with Crippen molar-refractivity contribution in [2.24, 2.45) is 0 Å². The zero-order valence-corrected chi connectivity index (χ0v) is 15.1. The van der Waals surface area contributed by atoms with Gasteiger partial charge in [-0.15, -0.1) is 0 Å². The Morgan fingerprint density at radius 3 is 2.44 bits per heavy atom. The van der Waals surface area contributed by atoms with E-state index in [1.165, 1.54) is 6.08 Å². The van der Waals surface area contributed by atoms with Gasteiger partial charge >= 0.3 is 5.97 Å². The number of halogens is 1. The minimum Gasteiger partial charge on any atom is -0.481 e. The smallest absolute Gasteiger partial charge is 0.305 e. The van der Waals surface area contributed by atoms with Crippen molar-refractivity contribution in [1.29, 1.82) is 0 Å². The van der Waals surface area contributed by atoms with Crippen molar-refractivity contribution in [2.75, 3.05) is 0 Å². The Morgan fingerprint density at radius 1 is 1.07 bits per heavy atom. The largest absolute Gasteiger partial charge is 0.481 e. The molecule has 3 rings (SSSR count). The average Bonchev–Trinajstić information content (AvgIpc) is 3.09. The van der Waals surface area contributed by atoms with E-state index in [2.05, 4.69) is 5.10 Å². The summed E-state index contributed by atoms with van der Waals surface area (Å²) in [6, 6.07) is 16.2. The van der Waals surface area contributed by atoms with E-state index in [0.29, 0.717) is 16.3 Å². The monoisotopic (exact) mass is 380 g/mol. The van der Waals surface area contributed by atoms with Gasteiger partial charge in [-0.25, -0.2) is 0 Å². The van der Waals surface area contributed by atoms with Crippen LogP contribution in [0.1, 0.15) is 22.3 Å². The van der Waals surface area contributed by atoms with Crippen molar-refractivity contribution in [3.63, 3.8) is 0 Å². The number of aryl methyl sites for hydroxylation is 1. The van der Waals surface area contributed by atoms with Crippen molar-refractivity contribution in [3.05, 3.63) is 83.0 Å². The fraction of sp³-hybridized carbons (Fsp3) is 0.0952. The summed E-state index contributed by atoms with van der Waals surface area (Å²) in [6.07, 6.45) is 4.90. The minimum absolute atomic E-state index is 0.0250. The molecule has 27 heavy (non-hydrogen) atoms. The summed E-state index contributed by atoms with van der Waals surface area (Å²) in [5, 5.41) is 13.9. The number of carboxylic acids is 1. The maximum absolute atomic E-state index is 12.4. The zero-order valence-electron chi connectivity index (χ0n) is 14.4. The highest BCUT2D eigenvalue weighted by Crippen LogP contribution is 2.23. The second kappa shape index (κ2) is 8.47. The molecule has 1 heterocycles. The predicted molar refractivity (Wildman–Crippen MR) is 105 cm³/mol. The van der Waals surface area contributed by atoms with Crippen LogP contribution in [0.4, 0.5) is 0 Å². The van der Waals surface area contributed by atoms with Crippen LogP contribution in [0.2, 0.25) is 5.02 Å². The van der Waals surface area contributed by atoms with E-state index in [4.69, 9.17) is 16.7 Å². The Hall–Kier alpha value is -3.18. The number of ketones is 1. The number of benzene rings is 2. The highest BCUT2D eigenvalue weighted by Gasteiger charge is 2.11. The van der Waals surface area contributed by atoms with Crippen LogP contribution in [0.25, 0.3) is 17.3 Å². The summed E-state index contributed by atoms with van der Waals surface area (Å²) >= 11 is 5.85. The Labute approximate surface area is 161 Å². The topological polar surface area (TPSA) is 72.2 Å². The van der Waals surface area contributed by atoms with Crippen LogP contribution in [0, 0.1) is 0 Å². The van der Waals surface area contributed by atoms with Gasteiger partial charge < -0.3 is 5.11 Å². The molecule has 0 spiro atoms. The van der Waals surface area contributed by atoms with Crippen LogP contribution < -0.4 is 0 Å². The van der Waals surface area contributed by atoms with E-state index < -0.39 is 5.97 Å². The average molecular weight is 381 g/mol. The lowest BCUT2D eigenvalue weighted by molar-refractivity contribution is -0.137. The van der Waals surface area contributed by atoms with Crippen LogP contribution >= 0.6 is 11.6 Å². The van der Waals surface area contributed by atoms with Gasteiger partial charge in [-0.2, -0.15) is 5.10 Å². The molecule has 0 atom stereocenters. The fourth-order valence-corrected chi connectivity index (χ4v) is 2.71. The molecule has 0 aliphatic heterocycles. The molecule has 5 nitrogen and oxygen atoms in total. The Bertz CT molecular complexity index is 976. The van der Waals surface area contributed by atoms with Crippen LogP contribution in [-0.4, -0.2) is 26.6 Å². The molecule has 1 aromatic heterocycles. The summed E-state index contributed by atoms with van der Waals surface area (Å²) in [6.45, 7) is 0.258. The lowest BCUT2D eigenvalue weighted by atomic mass is 10.1. The first kappa shape index (κ1) is 18.6. The second-order valence-electron chi connectivity index (χ2n) is 5.91. The summed E-state index contributed by atoms with van der Waals surface area (Å²) in [7, 11) is 0. The molecule has 0 aliphatic carbocycles. The molecule has 0 unspecified atom stereocenters.